The molecule has 29 heavy (non-hydrogen) atoms. The minimum atomic E-state index is -0.364. The number of nitrogens with zero attached hydrogens (tertiary/aromatic N) is 3. The number of carbonyl (C=O) groups is 2. The van der Waals surface area contributed by atoms with Crippen LogP contribution in [0.15, 0.2) is 29.2 Å². The Morgan fingerprint density at radius 1 is 1.28 bits per heavy atom. The molecule has 0 radical (unpaired) electrons. The van der Waals surface area contributed by atoms with E-state index in [0.29, 0.717) is 22.7 Å². The highest BCUT2D eigenvalue weighted by molar-refractivity contribution is 6.30. The normalized spacial score (nSPS) is 10.7. The molecule has 2 amide bonds. The van der Waals surface area contributed by atoms with Crippen LogP contribution in [0.1, 0.15) is 28.7 Å². The van der Waals surface area contributed by atoms with E-state index in [4.69, 9.17) is 17.3 Å². The molecule has 0 fully saturated rings. The number of rotatable bonds is 8. The smallest absolute Gasteiger partial charge is 0.270 e. The van der Waals surface area contributed by atoms with Gasteiger partial charge in [0.2, 0.25) is 11.8 Å². The van der Waals surface area contributed by atoms with Crippen molar-refractivity contribution in [2.75, 3.05) is 14.1 Å². The molecule has 9 heteroatoms. The molecule has 0 saturated heterocycles. The quantitative estimate of drug-likeness (QED) is 0.663. The van der Waals surface area contributed by atoms with Gasteiger partial charge in [-0.05, 0) is 35.7 Å². The van der Waals surface area contributed by atoms with Crippen molar-refractivity contribution in [3.8, 4) is 0 Å². The van der Waals surface area contributed by atoms with Crippen molar-refractivity contribution in [2.45, 2.75) is 39.4 Å². The third-order valence-corrected chi connectivity index (χ3v) is 4.83. The van der Waals surface area contributed by atoms with Crippen LogP contribution in [0.25, 0.3) is 0 Å². The zero-order valence-electron chi connectivity index (χ0n) is 16.9. The molecule has 2 aromatic rings. The second kappa shape index (κ2) is 10.2. The molecule has 156 valence electrons. The molecule has 1 aromatic carbocycles. The highest BCUT2D eigenvalue weighted by Crippen LogP contribution is 2.15. The number of hydrogen-bond donors (Lipinski definition) is 2. The summed E-state index contributed by atoms with van der Waals surface area (Å²) in [5.74, 6) is -0.397. The van der Waals surface area contributed by atoms with Crippen LogP contribution in [0.4, 0.5) is 0 Å². The number of nitrogens with two attached hydrogens (primary N) is 1. The number of aromatic nitrogens is 2. The fourth-order valence-corrected chi connectivity index (χ4v) is 2.98. The minimum Gasteiger partial charge on any atom is -0.352 e. The maximum Gasteiger partial charge on any atom is 0.270 e. The van der Waals surface area contributed by atoms with Crippen molar-refractivity contribution in [1.82, 2.24) is 20.0 Å². The third-order valence-electron chi connectivity index (χ3n) is 4.60. The lowest BCUT2D eigenvalue weighted by atomic mass is 10.1. The van der Waals surface area contributed by atoms with Gasteiger partial charge in [0.05, 0.1) is 19.2 Å². The van der Waals surface area contributed by atoms with Gasteiger partial charge < -0.3 is 16.0 Å². The van der Waals surface area contributed by atoms with E-state index in [1.54, 1.807) is 33.2 Å². The van der Waals surface area contributed by atoms with E-state index in [0.717, 1.165) is 11.1 Å². The molecule has 0 unspecified atom stereocenters. The topological polar surface area (TPSA) is 110 Å². The van der Waals surface area contributed by atoms with Crippen LogP contribution in [0.2, 0.25) is 5.02 Å². The number of nitrogens with one attached hydrogen (secondary N) is 1. The fraction of sp³-hybridized carbons (Fsp3) is 0.400. The molecular formula is C20H26ClN5O3. The molecule has 1 aromatic heterocycles. The molecular weight excluding hydrogens is 394 g/mol. The average molecular weight is 420 g/mol. The molecule has 0 aliphatic rings. The van der Waals surface area contributed by atoms with E-state index in [9.17, 15) is 14.4 Å². The summed E-state index contributed by atoms with van der Waals surface area (Å²) < 4.78 is 1.22. The van der Waals surface area contributed by atoms with Crippen LogP contribution in [0.3, 0.4) is 0 Å². The van der Waals surface area contributed by atoms with Crippen molar-refractivity contribution in [2.24, 2.45) is 5.73 Å². The zero-order chi connectivity index (χ0) is 21.6. The molecule has 1 heterocycles. The standard InChI is InChI=1S/C20H26ClN5O3/c1-13-11-24-26(7-6-19(28)25(2)3)20(29)17(13)9-18(27)23-12-15-8-16(21)5-4-14(15)10-22/h4-5,8,11H,6-7,9-10,12,22H2,1-3H3,(H,23,27). The van der Waals surface area contributed by atoms with E-state index < -0.39 is 0 Å². The van der Waals surface area contributed by atoms with E-state index in [1.807, 2.05) is 6.07 Å². The van der Waals surface area contributed by atoms with Gasteiger partial charge in [-0.25, -0.2) is 4.68 Å². The van der Waals surface area contributed by atoms with Crippen LogP contribution in [0.5, 0.6) is 0 Å². The molecule has 0 aliphatic heterocycles. The summed E-state index contributed by atoms with van der Waals surface area (Å²) in [6, 6.07) is 5.33. The van der Waals surface area contributed by atoms with E-state index in [2.05, 4.69) is 10.4 Å². The summed E-state index contributed by atoms with van der Waals surface area (Å²) in [6.07, 6.45) is 1.62. The van der Waals surface area contributed by atoms with Crippen molar-refractivity contribution in [3.63, 3.8) is 0 Å². The summed E-state index contributed by atoms with van der Waals surface area (Å²) in [4.78, 5) is 38.3. The Morgan fingerprint density at radius 2 is 2.00 bits per heavy atom. The lowest BCUT2D eigenvalue weighted by molar-refractivity contribution is -0.129. The molecule has 0 atom stereocenters. The first-order valence-electron chi connectivity index (χ1n) is 9.22. The van der Waals surface area contributed by atoms with Crippen LogP contribution < -0.4 is 16.6 Å². The lowest BCUT2D eigenvalue weighted by Gasteiger charge is -2.13. The second-order valence-corrected chi connectivity index (χ2v) is 7.38. The summed E-state index contributed by atoms with van der Waals surface area (Å²) >= 11 is 6.02. The average Bonchev–Trinajstić information content (AvgIpc) is 2.68. The Kier molecular flexibility index (Phi) is 7.92. The molecule has 0 aliphatic carbocycles. The van der Waals surface area contributed by atoms with Crippen molar-refractivity contribution >= 4 is 23.4 Å². The molecule has 3 N–H and O–H groups in total. The number of hydrogen-bond acceptors (Lipinski definition) is 5. The first kappa shape index (κ1) is 22.6. The number of halogens is 1. The predicted molar refractivity (Wildman–Crippen MR) is 111 cm³/mol. The highest BCUT2D eigenvalue weighted by Gasteiger charge is 2.14. The molecule has 0 spiro atoms. The minimum absolute atomic E-state index is 0.0761. The number of amides is 2. The van der Waals surface area contributed by atoms with Gasteiger partial charge in [0.15, 0.2) is 0 Å². The van der Waals surface area contributed by atoms with E-state index in [-0.39, 0.29) is 43.3 Å². The maximum absolute atomic E-state index is 12.7. The van der Waals surface area contributed by atoms with Crippen LogP contribution in [-0.2, 0) is 35.6 Å². The SMILES string of the molecule is Cc1cnn(CCC(=O)N(C)C)c(=O)c1CC(=O)NCc1cc(Cl)ccc1CN. The van der Waals surface area contributed by atoms with Gasteiger partial charge in [0, 0.05) is 44.2 Å². The van der Waals surface area contributed by atoms with Crippen molar-refractivity contribution in [3.05, 3.63) is 62.0 Å². The van der Waals surface area contributed by atoms with Crippen molar-refractivity contribution in [1.29, 1.82) is 0 Å². The molecule has 0 bridgehead atoms. The van der Waals surface area contributed by atoms with Crippen LogP contribution in [-0.4, -0.2) is 40.6 Å². The van der Waals surface area contributed by atoms with Crippen LogP contribution in [0, 0.1) is 6.92 Å². The molecule has 8 nitrogen and oxygen atoms in total. The molecule has 2 rings (SSSR count). The Labute approximate surface area is 174 Å². The maximum atomic E-state index is 12.7. The number of benzene rings is 1. The second-order valence-electron chi connectivity index (χ2n) is 6.94. The Bertz CT molecular complexity index is 956. The van der Waals surface area contributed by atoms with Gasteiger partial charge in [-0.3, -0.25) is 14.4 Å². The molecule has 0 saturated carbocycles. The van der Waals surface area contributed by atoms with Gasteiger partial charge in [0.25, 0.3) is 5.56 Å². The Hall–Kier alpha value is -2.71. The van der Waals surface area contributed by atoms with E-state index >= 15 is 0 Å². The first-order valence-corrected chi connectivity index (χ1v) is 9.60. The van der Waals surface area contributed by atoms with Gasteiger partial charge in [-0.1, -0.05) is 17.7 Å². The predicted octanol–water partition coefficient (Wildman–Crippen LogP) is 1.00. The highest BCUT2D eigenvalue weighted by atomic mass is 35.5. The Morgan fingerprint density at radius 3 is 2.66 bits per heavy atom. The summed E-state index contributed by atoms with van der Waals surface area (Å²) in [6.45, 7) is 2.49. The van der Waals surface area contributed by atoms with E-state index in [1.165, 1.54) is 15.8 Å². The summed E-state index contributed by atoms with van der Waals surface area (Å²) in [7, 11) is 3.30. The first-order chi connectivity index (χ1) is 13.7. The fourth-order valence-electron chi connectivity index (χ4n) is 2.79. The number of carbonyl (C=O) groups excluding carboxylic acids is 2. The van der Waals surface area contributed by atoms with Gasteiger partial charge in [0.1, 0.15) is 0 Å². The number of aryl methyl sites for hydroxylation is 2. The third kappa shape index (κ3) is 6.13. The van der Waals surface area contributed by atoms with Gasteiger partial charge in [-0.15, -0.1) is 0 Å². The largest absolute Gasteiger partial charge is 0.352 e. The van der Waals surface area contributed by atoms with Crippen molar-refractivity contribution < 1.29 is 9.59 Å². The monoisotopic (exact) mass is 419 g/mol. The lowest BCUT2D eigenvalue weighted by Crippen LogP contribution is -2.33. The summed E-state index contributed by atoms with van der Waals surface area (Å²) in [5.41, 5.74) is 8.07. The summed E-state index contributed by atoms with van der Waals surface area (Å²) in [5, 5.41) is 7.44. The van der Waals surface area contributed by atoms with Gasteiger partial charge >= 0.3 is 0 Å². The Balaban J connectivity index is 2.08. The zero-order valence-corrected chi connectivity index (χ0v) is 17.6. The van der Waals surface area contributed by atoms with Crippen LogP contribution >= 0.6 is 11.6 Å². The van der Waals surface area contributed by atoms with Gasteiger partial charge in [-0.2, -0.15) is 5.10 Å².